The normalized spacial score (nSPS) is 14.8. The Balaban J connectivity index is 1.63. The number of piperidine rings is 1. The van der Waals surface area contributed by atoms with Crippen molar-refractivity contribution in [3.8, 4) is 6.07 Å². The summed E-state index contributed by atoms with van der Waals surface area (Å²) in [4.78, 5) is 27.0. The van der Waals surface area contributed by atoms with E-state index >= 15 is 0 Å². The summed E-state index contributed by atoms with van der Waals surface area (Å²) < 4.78 is 0. The van der Waals surface area contributed by atoms with E-state index in [1.54, 1.807) is 29.2 Å². The lowest BCUT2D eigenvalue weighted by Crippen LogP contribution is -2.40. The number of amides is 1. The molecule has 1 aliphatic heterocycles. The van der Waals surface area contributed by atoms with E-state index in [2.05, 4.69) is 6.07 Å². The Hall–Kier alpha value is -2.93. The Kier molecular flexibility index (Phi) is 4.95. The van der Waals surface area contributed by atoms with Gasteiger partial charge in [-0.1, -0.05) is 35.9 Å². The second kappa shape index (κ2) is 7.31. The zero-order valence-corrected chi connectivity index (χ0v) is 14.2. The third kappa shape index (κ3) is 3.77. The van der Waals surface area contributed by atoms with Gasteiger partial charge in [0.15, 0.2) is 5.78 Å². The van der Waals surface area contributed by atoms with Crippen LogP contribution in [0.3, 0.4) is 0 Å². The van der Waals surface area contributed by atoms with Crippen LogP contribution in [-0.2, 0) is 0 Å². The number of aryl methyl sites for hydroxylation is 1. The molecule has 0 N–H and O–H groups in total. The fourth-order valence-corrected chi connectivity index (χ4v) is 3.20. The first-order chi connectivity index (χ1) is 12.1. The minimum absolute atomic E-state index is 0.0304. The highest BCUT2D eigenvalue weighted by molar-refractivity contribution is 5.98. The van der Waals surface area contributed by atoms with Crippen molar-refractivity contribution in [3.05, 3.63) is 70.8 Å². The van der Waals surface area contributed by atoms with Crippen molar-refractivity contribution in [2.75, 3.05) is 13.1 Å². The van der Waals surface area contributed by atoms with E-state index in [1.807, 2.05) is 31.2 Å². The molecule has 0 saturated carbocycles. The molecule has 1 aliphatic rings. The van der Waals surface area contributed by atoms with Crippen LogP contribution >= 0.6 is 0 Å². The van der Waals surface area contributed by atoms with E-state index in [0.29, 0.717) is 37.1 Å². The molecule has 4 heteroatoms. The minimum Gasteiger partial charge on any atom is -0.339 e. The molecule has 0 unspecified atom stereocenters. The molecule has 3 rings (SSSR count). The molecule has 0 bridgehead atoms. The number of nitriles is 1. The highest BCUT2D eigenvalue weighted by atomic mass is 16.2. The zero-order valence-electron chi connectivity index (χ0n) is 14.2. The van der Waals surface area contributed by atoms with Gasteiger partial charge in [0.25, 0.3) is 5.91 Å². The van der Waals surface area contributed by atoms with Crippen LogP contribution in [0.1, 0.15) is 44.7 Å². The van der Waals surface area contributed by atoms with Crippen LogP contribution in [0.2, 0.25) is 0 Å². The summed E-state index contributed by atoms with van der Waals surface area (Å²) in [5, 5.41) is 8.96. The van der Waals surface area contributed by atoms with Crippen molar-refractivity contribution in [1.29, 1.82) is 5.26 Å². The van der Waals surface area contributed by atoms with Crippen LogP contribution in [0.5, 0.6) is 0 Å². The molecule has 0 radical (unpaired) electrons. The highest BCUT2D eigenvalue weighted by Gasteiger charge is 2.28. The van der Waals surface area contributed by atoms with Gasteiger partial charge in [-0.15, -0.1) is 0 Å². The average Bonchev–Trinajstić information content (AvgIpc) is 2.67. The number of carbonyl (C=O) groups excluding carboxylic acids is 2. The van der Waals surface area contributed by atoms with Crippen molar-refractivity contribution in [3.63, 3.8) is 0 Å². The molecule has 4 nitrogen and oxygen atoms in total. The summed E-state index contributed by atoms with van der Waals surface area (Å²) in [6.07, 6.45) is 1.35. The lowest BCUT2D eigenvalue weighted by atomic mass is 9.88. The molecule has 25 heavy (non-hydrogen) atoms. The quantitative estimate of drug-likeness (QED) is 0.807. The molecule has 2 aromatic carbocycles. The number of ketones is 1. The number of rotatable bonds is 3. The molecule has 1 saturated heterocycles. The monoisotopic (exact) mass is 332 g/mol. The molecule has 1 fully saturated rings. The molecule has 1 amide bonds. The number of benzene rings is 2. The Labute approximate surface area is 147 Å². The average molecular weight is 332 g/mol. The van der Waals surface area contributed by atoms with Gasteiger partial charge in [-0.05, 0) is 38.0 Å². The summed E-state index contributed by atoms with van der Waals surface area (Å²) in [7, 11) is 0. The molecule has 0 spiro atoms. The molecule has 0 aliphatic carbocycles. The molecular weight excluding hydrogens is 312 g/mol. The van der Waals surface area contributed by atoms with E-state index in [-0.39, 0.29) is 17.6 Å². The largest absolute Gasteiger partial charge is 0.339 e. The summed E-state index contributed by atoms with van der Waals surface area (Å²) in [5.41, 5.74) is 2.89. The summed E-state index contributed by atoms with van der Waals surface area (Å²) in [6.45, 7) is 3.13. The fraction of sp³-hybridized carbons (Fsp3) is 0.286. The Bertz CT molecular complexity index is 826. The van der Waals surface area contributed by atoms with E-state index < -0.39 is 0 Å². The molecule has 0 aromatic heterocycles. The number of Topliss-reactive ketones (excluding diaryl/α,β-unsaturated/α-hetero) is 1. The van der Waals surface area contributed by atoms with Gasteiger partial charge in [0, 0.05) is 30.1 Å². The topological polar surface area (TPSA) is 61.2 Å². The van der Waals surface area contributed by atoms with Gasteiger partial charge in [-0.2, -0.15) is 5.26 Å². The SMILES string of the molecule is Cc1ccc(C(=O)C2CCN(C(=O)c3cccc(C#N)c3)CC2)cc1. The molecule has 0 atom stereocenters. The van der Waals surface area contributed by atoms with E-state index in [1.165, 1.54) is 0 Å². The first kappa shape index (κ1) is 16.9. The predicted octanol–water partition coefficient (Wildman–Crippen LogP) is 3.60. The van der Waals surface area contributed by atoms with Crippen LogP contribution in [0, 0.1) is 24.2 Å². The molecule has 1 heterocycles. The third-order valence-corrected chi connectivity index (χ3v) is 4.73. The number of likely N-dealkylation sites (tertiary alicyclic amines) is 1. The lowest BCUT2D eigenvalue weighted by Gasteiger charge is -2.31. The first-order valence-corrected chi connectivity index (χ1v) is 8.49. The maximum atomic E-state index is 12.6. The lowest BCUT2D eigenvalue weighted by molar-refractivity contribution is 0.0650. The predicted molar refractivity (Wildman–Crippen MR) is 95.3 cm³/mol. The van der Waals surface area contributed by atoms with Crippen molar-refractivity contribution in [1.82, 2.24) is 4.90 Å². The van der Waals surface area contributed by atoms with Gasteiger partial charge < -0.3 is 4.90 Å². The van der Waals surface area contributed by atoms with Crippen LogP contribution < -0.4 is 0 Å². The van der Waals surface area contributed by atoms with Crippen molar-refractivity contribution in [2.45, 2.75) is 19.8 Å². The van der Waals surface area contributed by atoms with E-state index in [9.17, 15) is 9.59 Å². The summed E-state index contributed by atoms with van der Waals surface area (Å²) >= 11 is 0. The number of hydrogen-bond donors (Lipinski definition) is 0. The van der Waals surface area contributed by atoms with Crippen LogP contribution in [-0.4, -0.2) is 29.7 Å². The number of carbonyl (C=O) groups is 2. The first-order valence-electron chi connectivity index (χ1n) is 8.49. The summed E-state index contributed by atoms with van der Waals surface area (Å²) in [5.74, 6) is 0.0640. The van der Waals surface area contributed by atoms with Gasteiger partial charge in [0.05, 0.1) is 11.6 Å². The second-order valence-electron chi connectivity index (χ2n) is 6.49. The van der Waals surface area contributed by atoms with Crippen LogP contribution in [0.4, 0.5) is 0 Å². The van der Waals surface area contributed by atoms with Crippen molar-refractivity contribution in [2.24, 2.45) is 5.92 Å². The number of nitrogens with zero attached hydrogens (tertiary/aromatic N) is 2. The zero-order chi connectivity index (χ0) is 17.8. The Morgan fingerprint density at radius 3 is 2.36 bits per heavy atom. The fourth-order valence-electron chi connectivity index (χ4n) is 3.20. The maximum Gasteiger partial charge on any atom is 0.253 e. The third-order valence-electron chi connectivity index (χ3n) is 4.73. The second-order valence-corrected chi connectivity index (χ2v) is 6.49. The molecule has 2 aromatic rings. The van der Waals surface area contributed by atoms with Crippen molar-refractivity contribution < 1.29 is 9.59 Å². The van der Waals surface area contributed by atoms with Gasteiger partial charge in [0.1, 0.15) is 0 Å². The molecule has 126 valence electrons. The minimum atomic E-state index is -0.0710. The van der Waals surface area contributed by atoms with Gasteiger partial charge in [0.2, 0.25) is 0 Å². The van der Waals surface area contributed by atoms with E-state index in [0.717, 1.165) is 11.1 Å². The molecular formula is C21H20N2O2. The Morgan fingerprint density at radius 2 is 1.72 bits per heavy atom. The van der Waals surface area contributed by atoms with E-state index in [4.69, 9.17) is 5.26 Å². The van der Waals surface area contributed by atoms with Gasteiger partial charge in [-0.3, -0.25) is 9.59 Å². The summed E-state index contributed by atoms with van der Waals surface area (Å²) in [6, 6.07) is 16.5. The Morgan fingerprint density at radius 1 is 1.04 bits per heavy atom. The smallest absolute Gasteiger partial charge is 0.253 e. The van der Waals surface area contributed by atoms with Gasteiger partial charge >= 0.3 is 0 Å². The van der Waals surface area contributed by atoms with Gasteiger partial charge in [-0.25, -0.2) is 0 Å². The highest BCUT2D eigenvalue weighted by Crippen LogP contribution is 2.23. The number of hydrogen-bond acceptors (Lipinski definition) is 3. The standard InChI is InChI=1S/C21H20N2O2/c1-15-5-7-17(8-6-15)20(24)18-9-11-23(12-10-18)21(25)19-4-2-3-16(13-19)14-22/h2-8,13,18H,9-12H2,1H3. The van der Waals surface area contributed by atoms with Crippen molar-refractivity contribution >= 4 is 11.7 Å². The maximum absolute atomic E-state index is 12.6. The van der Waals surface area contributed by atoms with Crippen LogP contribution in [0.15, 0.2) is 48.5 Å². The van der Waals surface area contributed by atoms with Crippen LogP contribution in [0.25, 0.3) is 0 Å².